The number of benzene rings is 1. The van der Waals surface area contributed by atoms with E-state index in [-0.39, 0.29) is 10.6 Å². The van der Waals surface area contributed by atoms with Crippen molar-refractivity contribution in [3.05, 3.63) is 63.7 Å². The van der Waals surface area contributed by atoms with Crippen LogP contribution in [0.2, 0.25) is 5.02 Å². The highest BCUT2D eigenvalue weighted by Crippen LogP contribution is 2.38. The third-order valence-electron chi connectivity index (χ3n) is 5.47. The summed E-state index contributed by atoms with van der Waals surface area (Å²) in [5.41, 5.74) is 2.01. The lowest BCUT2D eigenvalue weighted by Gasteiger charge is -2.13. The summed E-state index contributed by atoms with van der Waals surface area (Å²) in [6.45, 7) is 4.31. The average Bonchev–Trinajstić information content (AvgIpc) is 3.31. The van der Waals surface area contributed by atoms with Gasteiger partial charge in [0.15, 0.2) is 18.1 Å². The molecule has 1 aliphatic rings. The highest BCUT2D eigenvalue weighted by Gasteiger charge is 2.22. The molecule has 0 radical (unpaired) electrons. The number of furan rings is 1. The number of nitriles is 1. The average molecular weight is 484 g/mol. The number of esters is 1. The zero-order chi connectivity index (χ0) is 24.2. The first kappa shape index (κ1) is 23.3. The first-order chi connectivity index (χ1) is 16.4. The summed E-state index contributed by atoms with van der Waals surface area (Å²) in [7, 11) is 0. The standard InChI is InChI=1S/C24H22ClN3O6/c1-14-15(2)28(12-17-5-3-6-31-17)23(18(14)11-26)27-21(29)13-34-24(30)16-9-19(25)22-20(10-16)32-7-4-8-33-22/h3,5-6,9-10H,4,7-8,12-13H2,1-2H3,(H,27,29). The van der Waals surface area contributed by atoms with Crippen molar-refractivity contribution in [3.8, 4) is 17.6 Å². The van der Waals surface area contributed by atoms with Gasteiger partial charge in [-0.1, -0.05) is 11.6 Å². The zero-order valence-corrected chi connectivity index (χ0v) is 19.4. The Morgan fingerprint density at radius 2 is 2.06 bits per heavy atom. The Morgan fingerprint density at radius 3 is 2.79 bits per heavy atom. The molecule has 0 aliphatic carbocycles. The fourth-order valence-corrected chi connectivity index (χ4v) is 3.88. The molecule has 4 rings (SSSR count). The molecule has 2 aromatic heterocycles. The van der Waals surface area contributed by atoms with Crippen LogP contribution in [0.25, 0.3) is 0 Å². The number of carbonyl (C=O) groups excluding carboxylic acids is 2. The van der Waals surface area contributed by atoms with Crippen LogP contribution in [0.5, 0.6) is 11.5 Å². The molecule has 176 valence electrons. The summed E-state index contributed by atoms with van der Waals surface area (Å²) in [5.74, 6) is 0.363. The predicted octanol–water partition coefficient (Wildman–Crippen LogP) is 4.23. The number of nitrogens with zero attached hydrogens (tertiary/aromatic N) is 2. The Labute approximate surface area is 200 Å². The Morgan fingerprint density at radius 1 is 1.26 bits per heavy atom. The van der Waals surface area contributed by atoms with Gasteiger partial charge < -0.3 is 28.5 Å². The molecule has 0 atom stereocenters. The predicted molar refractivity (Wildman–Crippen MR) is 122 cm³/mol. The monoisotopic (exact) mass is 483 g/mol. The van der Waals surface area contributed by atoms with E-state index in [1.807, 2.05) is 6.92 Å². The Bertz CT molecular complexity index is 1270. The zero-order valence-electron chi connectivity index (χ0n) is 18.6. The van der Waals surface area contributed by atoms with Crippen molar-refractivity contribution in [2.45, 2.75) is 26.8 Å². The van der Waals surface area contributed by atoms with Crippen molar-refractivity contribution in [2.24, 2.45) is 0 Å². The SMILES string of the molecule is Cc1c(C#N)c(NC(=O)COC(=O)c2cc(Cl)c3c(c2)OCCCO3)n(Cc2ccco2)c1C. The van der Waals surface area contributed by atoms with Gasteiger partial charge in [-0.15, -0.1) is 0 Å². The largest absolute Gasteiger partial charge is 0.489 e. The van der Waals surface area contributed by atoms with E-state index in [1.165, 1.54) is 12.1 Å². The number of ether oxygens (including phenoxy) is 3. The molecule has 0 fully saturated rings. The molecule has 0 bridgehead atoms. The van der Waals surface area contributed by atoms with E-state index in [9.17, 15) is 14.9 Å². The van der Waals surface area contributed by atoms with Crippen molar-refractivity contribution in [3.63, 3.8) is 0 Å². The fourth-order valence-electron chi connectivity index (χ4n) is 3.62. The van der Waals surface area contributed by atoms with Crippen molar-refractivity contribution >= 4 is 29.3 Å². The second-order valence-corrected chi connectivity index (χ2v) is 8.08. The number of carbonyl (C=O) groups is 2. The topological polar surface area (TPSA) is 116 Å². The molecule has 0 saturated heterocycles. The van der Waals surface area contributed by atoms with Crippen LogP contribution < -0.4 is 14.8 Å². The molecule has 9 nitrogen and oxygen atoms in total. The number of amides is 1. The van der Waals surface area contributed by atoms with Gasteiger partial charge in [0.05, 0.1) is 42.2 Å². The van der Waals surface area contributed by atoms with Gasteiger partial charge in [0.2, 0.25) is 0 Å². The molecule has 10 heteroatoms. The van der Waals surface area contributed by atoms with Crippen LogP contribution in [0.15, 0.2) is 34.9 Å². The molecule has 3 heterocycles. The molecule has 1 amide bonds. The minimum atomic E-state index is -0.744. The molecule has 1 aromatic carbocycles. The molecule has 0 unspecified atom stereocenters. The second-order valence-electron chi connectivity index (χ2n) is 7.67. The van der Waals surface area contributed by atoms with E-state index in [0.717, 1.165) is 11.3 Å². The molecular weight excluding hydrogens is 462 g/mol. The van der Waals surface area contributed by atoms with E-state index in [2.05, 4.69) is 11.4 Å². The maximum atomic E-state index is 12.6. The van der Waals surface area contributed by atoms with Crippen molar-refractivity contribution in [1.82, 2.24) is 4.57 Å². The van der Waals surface area contributed by atoms with Gasteiger partial charge in [-0.2, -0.15) is 5.26 Å². The summed E-state index contributed by atoms with van der Waals surface area (Å²) in [6, 6.07) is 8.57. The summed E-state index contributed by atoms with van der Waals surface area (Å²) in [5, 5.41) is 12.5. The number of aromatic nitrogens is 1. The van der Waals surface area contributed by atoms with E-state index in [1.54, 1.807) is 29.9 Å². The van der Waals surface area contributed by atoms with Crippen LogP contribution in [0.3, 0.4) is 0 Å². The maximum Gasteiger partial charge on any atom is 0.338 e. The molecular formula is C24H22ClN3O6. The smallest absolute Gasteiger partial charge is 0.338 e. The molecule has 0 saturated carbocycles. The van der Waals surface area contributed by atoms with Crippen LogP contribution >= 0.6 is 11.6 Å². The van der Waals surface area contributed by atoms with E-state index >= 15 is 0 Å². The van der Waals surface area contributed by atoms with E-state index in [4.69, 9.17) is 30.2 Å². The first-order valence-electron chi connectivity index (χ1n) is 10.6. The molecule has 1 aliphatic heterocycles. The maximum absolute atomic E-state index is 12.6. The third kappa shape index (κ3) is 4.72. The Balaban J connectivity index is 1.47. The minimum absolute atomic E-state index is 0.132. The van der Waals surface area contributed by atoms with Crippen molar-refractivity contribution in [2.75, 3.05) is 25.1 Å². The number of nitrogens with one attached hydrogen (secondary N) is 1. The quantitative estimate of drug-likeness (QED) is 0.521. The van der Waals surface area contributed by atoms with E-state index in [0.29, 0.717) is 54.8 Å². The lowest BCUT2D eigenvalue weighted by molar-refractivity contribution is -0.119. The van der Waals surface area contributed by atoms with Gasteiger partial charge >= 0.3 is 5.97 Å². The van der Waals surface area contributed by atoms with Crippen molar-refractivity contribution < 1.29 is 28.2 Å². The van der Waals surface area contributed by atoms with Gasteiger partial charge in [0.25, 0.3) is 5.91 Å². The second kappa shape index (κ2) is 9.93. The van der Waals surface area contributed by atoms with Gasteiger partial charge in [-0.05, 0) is 43.7 Å². The Hall–Kier alpha value is -3.90. The van der Waals surface area contributed by atoms with Gasteiger partial charge in [-0.3, -0.25) is 4.79 Å². The summed E-state index contributed by atoms with van der Waals surface area (Å²) < 4.78 is 23.5. The summed E-state index contributed by atoms with van der Waals surface area (Å²) in [6.07, 6.45) is 2.24. The fraction of sp³-hybridized carbons (Fsp3) is 0.292. The van der Waals surface area contributed by atoms with Gasteiger partial charge in [0, 0.05) is 12.1 Å². The molecule has 3 aromatic rings. The summed E-state index contributed by atoms with van der Waals surface area (Å²) >= 11 is 6.23. The molecule has 0 spiro atoms. The number of fused-ring (bicyclic) bond motifs is 1. The normalized spacial score (nSPS) is 12.5. The first-order valence-corrected chi connectivity index (χ1v) is 10.9. The van der Waals surface area contributed by atoms with Gasteiger partial charge in [-0.25, -0.2) is 4.79 Å². The van der Waals surface area contributed by atoms with Crippen LogP contribution in [-0.4, -0.2) is 36.3 Å². The van der Waals surface area contributed by atoms with Crippen LogP contribution in [0, 0.1) is 25.2 Å². The minimum Gasteiger partial charge on any atom is -0.489 e. The molecule has 1 N–H and O–H groups in total. The number of hydrogen-bond acceptors (Lipinski definition) is 7. The lowest BCUT2D eigenvalue weighted by atomic mass is 10.2. The highest BCUT2D eigenvalue weighted by atomic mass is 35.5. The third-order valence-corrected chi connectivity index (χ3v) is 5.75. The number of halogens is 1. The van der Waals surface area contributed by atoms with E-state index < -0.39 is 18.5 Å². The van der Waals surface area contributed by atoms with Crippen LogP contribution in [-0.2, 0) is 16.1 Å². The highest BCUT2D eigenvalue weighted by molar-refractivity contribution is 6.32. The van der Waals surface area contributed by atoms with Crippen LogP contribution in [0.1, 0.15) is 39.4 Å². The van der Waals surface area contributed by atoms with Gasteiger partial charge in [0.1, 0.15) is 17.6 Å². The van der Waals surface area contributed by atoms with Crippen LogP contribution in [0.4, 0.5) is 5.82 Å². The molecule has 34 heavy (non-hydrogen) atoms. The summed E-state index contributed by atoms with van der Waals surface area (Å²) in [4.78, 5) is 25.2. The number of rotatable bonds is 6. The van der Waals surface area contributed by atoms with Crippen molar-refractivity contribution in [1.29, 1.82) is 5.26 Å². The lowest BCUT2D eigenvalue weighted by Crippen LogP contribution is -2.23. The number of hydrogen-bond donors (Lipinski definition) is 1. The number of anilines is 1. The Kier molecular flexibility index (Phi) is 6.80.